The standard InChI is InChI=1S/C13H14BrN3O/c1-9-15-13(16-18-9)8-17-5-4-10-6-12(14)3-2-11(10)7-17/h2-3,6H,4-5,7-8H2,1H3. The Morgan fingerprint density at radius 1 is 1.39 bits per heavy atom. The number of rotatable bonds is 2. The van der Waals surface area contributed by atoms with Crippen LogP contribution in [0.3, 0.4) is 0 Å². The number of fused-ring (bicyclic) bond motifs is 1. The lowest BCUT2D eigenvalue weighted by Crippen LogP contribution is -2.30. The van der Waals surface area contributed by atoms with Crippen LogP contribution < -0.4 is 0 Å². The maximum Gasteiger partial charge on any atom is 0.223 e. The maximum atomic E-state index is 5.00. The van der Waals surface area contributed by atoms with Crippen molar-refractivity contribution in [1.29, 1.82) is 0 Å². The van der Waals surface area contributed by atoms with Crippen molar-refractivity contribution in [2.45, 2.75) is 26.4 Å². The van der Waals surface area contributed by atoms with E-state index < -0.39 is 0 Å². The van der Waals surface area contributed by atoms with E-state index >= 15 is 0 Å². The first-order valence-electron chi connectivity index (χ1n) is 5.99. The summed E-state index contributed by atoms with van der Waals surface area (Å²) < 4.78 is 6.15. The lowest BCUT2D eigenvalue weighted by molar-refractivity contribution is 0.235. The van der Waals surface area contributed by atoms with E-state index in [0.717, 1.165) is 36.4 Å². The average Bonchev–Trinajstić information content (AvgIpc) is 2.75. The summed E-state index contributed by atoms with van der Waals surface area (Å²) in [5.41, 5.74) is 2.83. The average molecular weight is 308 g/mol. The van der Waals surface area contributed by atoms with Crippen LogP contribution in [0, 0.1) is 6.92 Å². The van der Waals surface area contributed by atoms with Gasteiger partial charge in [0.15, 0.2) is 5.82 Å². The van der Waals surface area contributed by atoms with Crippen molar-refractivity contribution in [1.82, 2.24) is 15.0 Å². The number of benzene rings is 1. The van der Waals surface area contributed by atoms with Crippen LogP contribution in [0.2, 0.25) is 0 Å². The van der Waals surface area contributed by atoms with Crippen LogP contribution in [0.4, 0.5) is 0 Å². The van der Waals surface area contributed by atoms with Crippen molar-refractivity contribution < 1.29 is 4.52 Å². The van der Waals surface area contributed by atoms with E-state index in [4.69, 9.17) is 4.52 Å². The van der Waals surface area contributed by atoms with E-state index in [1.165, 1.54) is 11.1 Å². The molecule has 0 unspecified atom stereocenters. The van der Waals surface area contributed by atoms with Crippen molar-refractivity contribution in [3.05, 3.63) is 45.5 Å². The number of nitrogens with zero attached hydrogens (tertiary/aromatic N) is 3. The summed E-state index contributed by atoms with van der Waals surface area (Å²) >= 11 is 3.52. The van der Waals surface area contributed by atoms with Gasteiger partial charge in [0.05, 0.1) is 6.54 Å². The molecule has 4 nitrogen and oxygen atoms in total. The molecule has 0 radical (unpaired) electrons. The molecule has 0 atom stereocenters. The summed E-state index contributed by atoms with van der Waals surface area (Å²) in [6.45, 7) is 4.57. The first kappa shape index (κ1) is 11.9. The fraction of sp³-hybridized carbons (Fsp3) is 0.385. The largest absolute Gasteiger partial charge is 0.340 e. The molecular weight excluding hydrogens is 294 g/mol. The molecule has 18 heavy (non-hydrogen) atoms. The normalized spacial score (nSPS) is 15.7. The lowest BCUT2D eigenvalue weighted by atomic mass is 10.00. The fourth-order valence-electron chi connectivity index (χ4n) is 2.32. The molecule has 0 N–H and O–H groups in total. The van der Waals surface area contributed by atoms with Gasteiger partial charge in [-0.2, -0.15) is 4.98 Å². The molecule has 1 aromatic carbocycles. The highest BCUT2D eigenvalue weighted by molar-refractivity contribution is 9.10. The number of hydrogen-bond acceptors (Lipinski definition) is 4. The van der Waals surface area contributed by atoms with Gasteiger partial charge in [0.1, 0.15) is 0 Å². The minimum atomic E-state index is 0.631. The van der Waals surface area contributed by atoms with Crippen molar-refractivity contribution in [3.63, 3.8) is 0 Å². The van der Waals surface area contributed by atoms with E-state index in [-0.39, 0.29) is 0 Å². The Balaban J connectivity index is 1.73. The Labute approximate surface area is 114 Å². The SMILES string of the molecule is Cc1nc(CN2CCc3cc(Br)ccc3C2)no1. The molecule has 0 amide bonds. The van der Waals surface area contributed by atoms with Crippen molar-refractivity contribution in [3.8, 4) is 0 Å². The van der Waals surface area contributed by atoms with Gasteiger partial charge in [-0.1, -0.05) is 27.2 Å². The molecule has 3 rings (SSSR count). The van der Waals surface area contributed by atoms with Gasteiger partial charge >= 0.3 is 0 Å². The Kier molecular flexibility index (Phi) is 3.18. The van der Waals surface area contributed by atoms with E-state index in [2.05, 4.69) is 49.2 Å². The van der Waals surface area contributed by atoms with Crippen LogP contribution >= 0.6 is 15.9 Å². The predicted octanol–water partition coefficient (Wildman–Crippen LogP) is 2.70. The molecule has 0 fully saturated rings. The van der Waals surface area contributed by atoms with Crippen LogP contribution in [0.5, 0.6) is 0 Å². The highest BCUT2D eigenvalue weighted by Gasteiger charge is 2.18. The monoisotopic (exact) mass is 307 g/mol. The third kappa shape index (κ3) is 2.47. The molecule has 2 heterocycles. The second kappa shape index (κ2) is 4.82. The first-order valence-corrected chi connectivity index (χ1v) is 6.79. The molecule has 94 valence electrons. The molecule has 0 saturated heterocycles. The fourth-order valence-corrected chi connectivity index (χ4v) is 2.73. The van der Waals surface area contributed by atoms with Crippen LogP contribution in [0.15, 0.2) is 27.2 Å². The number of hydrogen-bond donors (Lipinski definition) is 0. The lowest BCUT2D eigenvalue weighted by Gasteiger charge is -2.27. The van der Waals surface area contributed by atoms with Gasteiger partial charge in [-0.3, -0.25) is 4.90 Å². The smallest absolute Gasteiger partial charge is 0.223 e. The molecule has 1 aliphatic heterocycles. The minimum Gasteiger partial charge on any atom is -0.340 e. The van der Waals surface area contributed by atoms with Crippen LogP contribution in [-0.4, -0.2) is 21.6 Å². The number of aromatic nitrogens is 2. The second-order valence-electron chi connectivity index (χ2n) is 4.60. The summed E-state index contributed by atoms with van der Waals surface area (Å²) in [4.78, 5) is 6.60. The second-order valence-corrected chi connectivity index (χ2v) is 5.52. The highest BCUT2D eigenvalue weighted by Crippen LogP contribution is 2.23. The van der Waals surface area contributed by atoms with E-state index in [9.17, 15) is 0 Å². The molecule has 5 heteroatoms. The highest BCUT2D eigenvalue weighted by atomic mass is 79.9. The van der Waals surface area contributed by atoms with E-state index in [1.807, 2.05) is 6.92 Å². The Morgan fingerprint density at radius 3 is 3.06 bits per heavy atom. The minimum absolute atomic E-state index is 0.631. The Bertz CT molecular complexity index is 567. The molecule has 1 aliphatic rings. The molecule has 0 spiro atoms. The van der Waals surface area contributed by atoms with Crippen molar-refractivity contribution in [2.75, 3.05) is 6.54 Å². The number of aryl methyl sites for hydroxylation is 1. The molecular formula is C13H14BrN3O. The van der Waals surface area contributed by atoms with Gasteiger partial charge in [-0.25, -0.2) is 0 Å². The van der Waals surface area contributed by atoms with Gasteiger partial charge < -0.3 is 4.52 Å². The van der Waals surface area contributed by atoms with Crippen molar-refractivity contribution >= 4 is 15.9 Å². The molecule has 0 aliphatic carbocycles. The van der Waals surface area contributed by atoms with E-state index in [0.29, 0.717) is 5.89 Å². The zero-order valence-corrected chi connectivity index (χ0v) is 11.8. The topological polar surface area (TPSA) is 42.2 Å². The van der Waals surface area contributed by atoms with Gasteiger partial charge in [0, 0.05) is 24.5 Å². The summed E-state index contributed by atoms with van der Waals surface area (Å²) in [6.07, 6.45) is 1.08. The third-order valence-corrected chi connectivity index (χ3v) is 3.69. The third-order valence-electron chi connectivity index (χ3n) is 3.19. The summed E-state index contributed by atoms with van der Waals surface area (Å²) in [6, 6.07) is 6.50. The quantitative estimate of drug-likeness (QED) is 0.855. The molecule has 2 aromatic rings. The zero-order valence-electron chi connectivity index (χ0n) is 10.2. The molecule has 0 bridgehead atoms. The van der Waals surface area contributed by atoms with Gasteiger partial charge in [-0.15, -0.1) is 0 Å². The van der Waals surface area contributed by atoms with E-state index in [1.54, 1.807) is 0 Å². The Hall–Kier alpha value is -1.20. The van der Waals surface area contributed by atoms with Crippen molar-refractivity contribution in [2.24, 2.45) is 0 Å². The van der Waals surface area contributed by atoms with Gasteiger partial charge in [-0.05, 0) is 29.7 Å². The van der Waals surface area contributed by atoms with Crippen LogP contribution in [-0.2, 0) is 19.5 Å². The van der Waals surface area contributed by atoms with Crippen LogP contribution in [0.1, 0.15) is 22.8 Å². The van der Waals surface area contributed by atoms with Crippen LogP contribution in [0.25, 0.3) is 0 Å². The zero-order chi connectivity index (χ0) is 12.5. The van der Waals surface area contributed by atoms with Gasteiger partial charge in [0.2, 0.25) is 5.89 Å². The molecule has 0 saturated carbocycles. The maximum absolute atomic E-state index is 5.00. The molecule has 1 aromatic heterocycles. The predicted molar refractivity (Wildman–Crippen MR) is 71.0 cm³/mol. The number of halogens is 1. The van der Waals surface area contributed by atoms with Gasteiger partial charge in [0.25, 0.3) is 0 Å². The summed E-state index contributed by atoms with van der Waals surface area (Å²) in [5, 5.41) is 3.94. The summed E-state index contributed by atoms with van der Waals surface area (Å²) in [7, 11) is 0. The first-order chi connectivity index (χ1) is 8.70. The Morgan fingerprint density at radius 2 is 2.28 bits per heavy atom. The summed E-state index contributed by atoms with van der Waals surface area (Å²) in [5.74, 6) is 1.40.